The lowest BCUT2D eigenvalue weighted by Gasteiger charge is -2.24. The van der Waals surface area contributed by atoms with Crippen molar-refractivity contribution >= 4 is 29.1 Å². The van der Waals surface area contributed by atoms with Crippen LogP contribution in [0.3, 0.4) is 0 Å². The summed E-state index contributed by atoms with van der Waals surface area (Å²) in [7, 11) is 0. The maximum Gasteiger partial charge on any atom is 0.255 e. The molecule has 2 rings (SSSR count). The first-order chi connectivity index (χ1) is 12.3. The molecule has 6 heteroatoms. The predicted molar refractivity (Wildman–Crippen MR) is 106 cm³/mol. The Morgan fingerprint density at radius 3 is 2.27 bits per heavy atom. The van der Waals surface area contributed by atoms with Crippen molar-refractivity contribution in [1.29, 1.82) is 0 Å². The Morgan fingerprint density at radius 2 is 1.73 bits per heavy atom. The fourth-order valence-electron chi connectivity index (χ4n) is 2.24. The van der Waals surface area contributed by atoms with Crippen LogP contribution in [0.25, 0.3) is 0 Å². The summed E-state index contributed by atoms with van der Waals surface area (Å²) < 4.78 is 0. The van der Waals surface area contributed by atoms with Gasteiger partial charge in [-0.05, 0) is 56.2 Å². The van der Waals surface area contributed by atoms with Crippen LogP contribution in [0.5, 0.6) is 0 Å². The molecule has 0 unspecified atom stereocenters. The number of anilines is 1. The first-order valence-electron chi connectivity index (χ1n) is 8.48. The summed E-state index contributed by atoms with van der Waals surface area (Å²) in [6, 6.07) is 11.9. The molecule has 0 saturated carbocycles. The molecule has 0 fully saturated rings. The van der Waals surface area contributed by atoms with Crippen LogP contribution >= 0.6 is 11.6 Å². The summed E-state index contributed by atoms with van der Waals surface area (Å²) in [6.07, 6.45) is 0.799. The Kier molecular flexibility index (Phi) is 6.40. The number of rotatable bonds is 6. The molecule has 0 aliphatic heterocycles. The van der Waals surface area contributed by atoms with Gasteiger partial charge in [0.1, 0.15) is 0 Å². The topological polar surface area (TPSA) is 84.2 Å². The highest BCUT2D eigenvalue weighted by atomic mass is 35.5. The van der Waals surface area contributed by atoms with E-state index in [1.165, 1.54) is 0 Å². The molecule has 0 spiro atoms. The predicted octanol–water partition coefficient (Wildman–Crippen LogP) is 3.97. The number of carbonyl (C=O) groups is 2. The van der Waals surface area contributed by atoms with E-state index in [1.54, 1.807) is 30.3 Å². The number of carbonyl (C=O) groups excluding carboxylic acids is 2. The van der Waals surface area contributed by atoms with Crippen molar-refractivity contribution < 1.29 is 9.59 Å². The van der Waals surface area contributed by atoms with Crippen LogP contribution in [0.4, 0.5) is 5.69 Å². The van der Waals surface area contributed by atoms with Gasteiger partial charge in [0.2, 0.25) is 0 Å². The Morgan fingerprint density at radius 1 is 1.08 bits per heavy atom. The lowest BCUT2D eigenvalue weighted by atomic mass is 10.0. The van der Waals surface area contributed by atoms with E-state index in [9.17, 15) is 9.59 Å². The number of nitrogens with two attached hydrogens (primary N) is 1. The number of amides is 2. The van der Waals surface area contributed by atoms with E-state index < -0.39 is 0 Å². The molecule has 2 amide bonds. The van der Waals surface area contributed by atoms with Crippen LogP contribution in [0.2, 0.25) is 5.02 Å². The molecular weight excluding hydrogens is 350 g/mol. The Labute approximate surface area is 158 Å². The maximum atomic E-state index is 12.4. The van der Waals surface area contributed by atoms with Crippen molar-refractivity contribution in [1.82, 2.24) is 5.32 Å². The van der Waals surface area contributed by atoms with E-state index in [2.05, 4.69) is 10.6 Å². The summed E-state index contributed by atoms with van der Waals surface area (Å²) in [5.74, 6) is -0.494. The molecule has 0 aliphatic rings. The van der Waals surface area contributed by atoms with E-state index in [1.807, 2.05) is 32.9 Å². The minimum absolute atomic E-state index is 0.239. The van der Waals surface area contributed by atoms with Crippen molar-refractivity contribution in [3.63, 3.8) is 0 Å². The van der Waals surface area contributed by atoms with Crippen molar-refractivity contribution in [2.75, 3.05) is 5.32 Å². The number of nitrogens with one attached hydrogen (secondary N) is 2. The molecule has 4 N–H and O–H groups in total. The second kappa shape index (κ2) is 8.34. The second-order valence-corrected chi connectivity index (χ2v) is 7.15. The Bertz CT molecular complexity index is 801. The summed E-state index contributed by atoms with van der Waals surface area (Å²) in [5, 5.41) is 6.00. The zero-order valence-corrected chi connectivity index (χ0v) is 16.0. The van der Waals surface area contributed by atoms with E-state index >= 15 is 0 Å². The van der Waals surface area contributed by atoms with E-state index in [0.717, 1.165) is 12.0 Å². The fourth-order valence-corrected chi connectivity index (χ4v) is 2.50. The zero-order valence-electron chi connectivity index (χ0n) is 15.2. The third kappa shape index (κ3) is 5.07. The molecule has 5 nitrogen and oxygen atoms in total. The largest absolute Gasteiger partial charge is 0.347 e. The summed E-state index contributed by atoms with van der Waals surface area (Å²) >= 11 is 6.24. The van der Waals surface area contributed by atoms with Crippen molar-refractivity contribution in [3.05, 3.63) is 64.2 Å². The van der Waals surface area contributed by atoms with Gasteiger partial charge in [-0.15, -0.1) is 0 Å². The number of benzene rings is 2. The molecular formula is C20H24ClN3O2. The first kappa shape index (κ1) is 19.9. The maximum absolute atomic E-state index is 12.4. The van der Waals surface area contributed by atoms with Gasteiger partial charge >= 0.3 is 0 Å². The fraction of sp³-hybridized carbons (Fsp3) is 0.300. The molecule has 2 aromatic carbocycles. The normalized spacial score (nSPS) is 11.1. The van der Waals surface area contributed by atoms with Gasteiger partial charge in [0.05, 0.1) is 10.6 Å². The number of hydrogen-bond acceptors (Lipinski definition) is 3. The minimum Gasteiger partial charge on any atom is -0.347 e. The molecule has 0 saturated heterocycles. The van der Waals surface area contributed by atoms with Crippen LogP contribution in [-0.4, -0.2) is 17.4 Å². The zero-order chi connectivity index (χ0) is 19.3. The van der Waals surface area contributed by atoms with Gasteiger partial charge in [-0.2, -0.15) is 0 Å². The lowest BCUT2D eigenvalue weighted by molar-refractivity contribution is 0.0911. The average Bonchev–Trinajstić information content (AvgIpc) is 2.61. The first-order valence-corrected chi connectivity index (χ1v) is 8.86. The minimum atomic E-state index is -0.316. The number of halogens is 1. The molecule has 138 valence electrons. The highest BCUT2D eigenvalue weighted by molar-refractivity contribution is 6.34. The van der Waals surface area contributed by atoms with E-state index in [4.69, 9.17) is 17.3 Å². The molecule has 0 radical (unpaired) electrons. The summed E-state index contributed by atoms with van der Waals surface area (Å²) in [4.78, 5) is 24.7. The van der Waals surface area contributed by atoms with E-state index in [0.29, 0.717) is 23.4 Å². The molecule has 0 heterocycles. The lowest BCUT2D eigenvalue weighted by Crippen LogP contribution is -2.42. The van der Waals surface area contributed by atoms with Crippen LogP contribution in [0.1, 0.15) is 53.5 Å². The Balaban J connectivity index is 2.11. The van der Waals surface area contributed by atoms with Gasteiger partial charge in [-0.25, -0.2) is 0 Å². The third-order valence-electron chi connectivity index (χ3n) is 4.26. The highest BCUT2D eigenvalue weighted by Crippen LogP contribution is 2.22. The van der Waals surface area contributed by atoms with Crippen LogP contribution in [-0.2, 0) is 6.54 Å². The van der Waals surface area contributed by atoms with Crippen molar-refractivity contribution in [2.24, 2.45) is 5.73 Å². The average molecular weight is 374 g/mol. The van der Waals surface area contributed by atoms with Crippen LogP contribution in [0, 0.1) is 0 Å². The van der Waals surface area contributed by atoms with Crippen molar-refractivity contribution in [2.45, 2.75) is 39.3 Å². The quantitative estimate of drug-likeness (QED) is 0.716. The van der Waals surface area contributed by atoms with Crippen molar-refractivity contribution in [3.8, 4) is 0 Å². The van der Waals surface area contributed by atoms with Crippen LogP contribution < -0.4 is 16.4 Å². The number of hydrogen-bond donors (Lipinski definition) is 3. The summed E-state index contributed by atoms with van der Waals surface area (Å²) in [6.45, 7) is 6.32. The van der Waals surface area contributed by atoms with Gasteiger partial charge in [-0.1, -0.05) is 30.7 Å². The van der Waals surface area contributed by atoms with Gasteiger partial charge < -0.3 is 16.4 Å². The smallest absolute Gasteiger partial charge is 0.255 e. The molecule has 0 aliphatic carbocycles. The Hall–Kier alpha value is -2.37. The molecule has 2 aromatic rings. The molecule has 0 atom stereocenters. The SMILES string of the molecule is CCC(C)(C)NC(=O)c1ccc(NC(=O)c2ccc(CN)cc2)cc1Cl. The van der Waals surface area contributed by atoms with E-state index in [-0.39, 0.29) is 22.4 Å². The summed E-state index contributed by atoms with van der Waals surface area (Å²) in [5.41, 5.74) is 7.61. The molecule has 0 bridgehead atoms. The molecule has 0 aromatic heterocycles. The standard InChI is InChI=1S/C20H24ClN3O2/c1-4-20(2,3)24-19(26)16-10-9-15(11-17(16)21)23-18(25)14-7-5-13(12-22)6-8-14/h5-11H,4,12,22H2,1-3H3,(H,23,25)(H,24,26). The van der Waals surface area contributed by atoms with Gasteiger partial charge in [0.25, 0.3) is 11.8 Å². The highest BCUT2D eigenvalue weighted by Gasteiger charge is 2.20. The monoisotopic (exact) mass is 373 g/mol. The van der Waals surface area contributed by atoms with Crippen LogP contribution in [0.15, 0.2) is 42.5 Å². The second-order valence-electron chi connectivity index (χ2n) is 6.74. The third-order valence-corrected chi connectivity index (χ3v) is 4.57. The molecule has 26 heavy (non-hydrogen) atoms. The van der Waals surface area contributed by atoms with Gasteiger partial charge in [0.15, 0.2) is 0 Å². The van der Waals surface area contributed by atoms with Gasteiger partial charge in [0, 0.05) is 23.3 Å². The van der Waals surface area contributed by atoms with Gasteiger partial charge in [-0.3, -0.25) is 9.59 Å².